The molecule has 0 saturated heterocycles. The van der Waals surface area contributed by atoms with Crippen LogP contribution >= 0.6 is 0 Å². The maximum Gasteiger partial charge on any atom is 0.225 e. The Kier molecular flexibility index (Phi) is 2.15. The van der Waals surface area contributed by atoms with Crippen molar-refractivity contribution < 1.29 is 9.32 Å². The summed E-state index contributed by atoms with van der Waals surface area (Å²) >= 11 is 0. The highest BCUT2D eigenvalue weighted by molar-refractivity contribution is 5.96. The van der Waals surface area contributed by atoms with Gasteiger partial charge in [0, 0.05) is 12.3 Å². The van der Waals surface area contributed by atoms with Gasteiger partial charge in [0.15, 0.2) is 5.78 Å². The van der Waals surface area contributed by atoms with Gasteiger partial charge in [0.05, 0.1) is 0 Å². The zero-order valence-electron chi connectivity index (χ0n) is 8.34. The Labute approximate surface area is 77.1 Å². The quantitative estimate of drug-likeness (QED) is 0.672. The first-order valence-corrected chi connectivity index (χ1v) is 4.10. The first kappa shape index (κ1) is 9.77. The Hall–Kier alpha value is -1.32. The molecule has 0 radical (unpaired) electrons. The number of hydrogen-bond donors (Lipinski definition) is 1. The van der Waals surface area contributed by atoms with Crippen LogP contribution in [0.1, 0.15) is 43.9 Å². The van der Waals surface area contributed by atoms with Gasteiger partial charge in [-0.1, -0.05) is 25.9 Å². The molecule has 2 N–H and O–H groups in total. The zero-order valence-corrected chi connectivity index (χ0v) is 8.34. The molecule has 0 atom stereocenters. The number of hydrogen-bond acceptors (Lipinski definition) is 4. The van der Waals surface area contributed by atoms with Crippen LogP contribution in [0.15, 0.2) is 4.52 Å². The number of aromatic nitrogens is 1. The van der Waals surface area contributed by atoms with Gasteiger partial charge < -0.3 is 10.3 Å². The van der Waals surface area contributed by atoms with Crippen molar-refractivity contribution in [2.24, 2.45) is 0 Å². The third-order valence-corrected chi connectivity index (χ3v) is 1.76. The Balaban J connectivity index is 3.22. The minimum atomic E-state index is -0.194. The molecule has 0 bridgehead atoms. The van der Waals surface area contributed by atoms with E-state index in [1.165, 1.54) is 6.92 Å². The number of Topliss-reactive ketones (excluding diaryl/α,β-unsaturated/α-hetero) is 1. The molecule has 0 unspecified atom stereocenters. The molecule has 0 saturated carbocycles. The molecule has 0 amide bonds. The van der Waals surface area contributed by atoms with E-state index in [0.717, 1.165) is 0 Å². The van der Waals surface area contributed by atoms with Gasteiger partial charge in [0.2, 0.25) is 5.76 Å². The summed E-state index contributed by atoms with van der Waals surface area (Å²) in [5, 5.41) is 3.79. The van der Waals surface area contributed by atoms with E-state index in [4.69, 9.17) is 10.3 Å². The highest BCUT2D eigenvalue weighted by Crippen LogP contribution is 2.28. The normalized spacial score (nSPS) is 11.7. The predicted molar refractivity (Wildman–Crippen MR) is 49.6 cm³/mol. The van der Waals surface area contributed by atoms with Gasteiger partial charge in [-0.15, -0.1) is 0 Å². The number of nitrogens with two attached hydrogens (primary N) is 1. The van der Waals surface area contributed by atoms with Gasteiger partial charge in [0.1, 0.15) is 11.4 Å². The van der Waals surface area contributed by atoms with Crippen LogP contribution in [0, 0.1) is 0 Å². The molecule has 0 aliphatic rings. The van der Waals surface area contributed by atoms with E-state index in [-0.39, 0.29) is 17.0 Å². The van der Waals surface area contributed by atoms with E-state index in [1.54, 1.807) is 0 Å². The number of ketones is 1. The average molecular weight is 182 g/mol. The van der Waals surface area contributed by atoms with Crippen LogP contribution in [-0.2, 0) is 5.41 Å². The van der Waals surface area contributed by atoms with Crippen molar-refractivity contribution in [3.05, 3.63) is 11.5 Å². The van der Waals surface area contributed by atoms with Crippen molar-refractivity contribution in [2.75, 3.05) is 5.73 Å². The van der Waals surface area contributed by atoms with Crippen LogP contribution < -0.4 is 5.73 Å². The fraction of sp³-hybridized carbons (Fsp3) is 0.556. The number of nitrogens with zero attached hydrogens (tertiary/aromatic N) is 1. The summed E-state index contributed by atoms with van der Waals surface area (Å²) in [5.41, 5.74) is 6.52. The van der Waals surface area contributed by atoms with Crippen molar-refractivity contribution in [1.29, 1.82) is 0 Å². The van der Waals surface area contributed by atoms with Crippen molar-refractivity contribution >= 4 is 11.5 Å². The number of nitrogen functional groups attached to an aromatic ring is 1. The summed E-state index contributed by atoms with van der Waals surface area (Å²) in [6, 6.07) is 0. The summed E-state index contributed by atoms with van der Waals surface area (Å²) in [6.45, 7) is 7.30. The summed E-state index contributed by atoms with van der Waals surface area (Å²) in [5.74, 6) is -0.0366. The molecule has 0 spiro atoms. The highest BCUT2D eigenvalue weighted by Gasteiger charge is 2.25. The van der Waals surface area contributed by atoms with Crippen LogP contribution in [0.5, 0.6) is 0 Å². The minimum Gasteiger partial charge on any atom is -0.394 e. The Bertz CT molecular complexity index is 334. The molecule has 0 aliphatic heterocycles. The molecule has 1 rings (SSSR count). The smallest absolute Gasteiger partial charge is 0.225 e. The van der Waals surface area contributed by atoms with E-state index in [1.807, 2.05) is 20.8 Å². The third-order valence-electron chi connectivity index (χ3n) is 1.76. The van der Waals surface area contributed by atoms with E-state index in [0.29, 0.717) is 11.4 Å². The highest BCUT2D eigenvalue weighted by atomic mass is 16.5. The molecule has 4 nitrogen and oxygen atoms in total. The second kappa shape index (κ2) is 2.87. The fourth-order valence-corrected chi connectivity index (χ4v) is 1.09. The molecule has 0 aromatic carbocycles. The Morgan fingerprint density at radius 3 is 2.23 bits per heavy atom. The van der Waals surface area contributed by atoms with Gasteiger partial charge in [-0.3, -0.25) is 4.79 Å². The molecule has 0 fully saturated rings. The lowest BCUT2D eigenvalue weighted by Crippen LogP contribution is -2.14. The second-order valence-electron chi connectivity index (χ2n) is 4.08. The number of anilines is 1. The summed E-state index contributed by atoms with van der Waals surface area (Å²) < 4.78 is 4.86. The molecule has 0 aliphatic carbocycles. The van der Waals surface area contributed by atoms with Gasteiger partial charge >= 0.3 is 0 Å². The van der Waals surface area contributed by atoms with E-state index < -0.39 is 0 Å². The molecular weight excluding hydrogens is 168 g/mol. The van der Waals surface area contributed by atoms with Crippen molar-refractivity contribution in [3.63, 3.8) is 0 Å². The molecule has 1 aromatic rings. The van der Waals surface area contributed by atoms with E-state index in [2.05, 4.69) is 5.16 Å². The molecule has 72 valence electrons. The minimum absolute atomic E-state index is 0.157. The van der Waals surface area contributed by atoms with E-state index >= 15 is 0 Å². The Morgan fingerprint density at radius 2 is 2.00 bits per heavy atom. The predicted octanol–water partition coefficient (Wildman–Crippen LogP) is 1.76. The van der Waals surface area contributed by atoms with Gasteiger partial charge in [-0.2, -0.15) is 0 Å². The lowest BCUT2D eigenvalue weighted by atomic mass is 9.91. The third kappa shape index (κ3) is 1.71. The molecule has 13 heavy (non-hydrogen) atoms. The lowest BCUT2D eigenvalue weighted by molar-refractivity contribution is 0.0979. The summed E-state index contributed by atoms with van der Waals surface area (Å²) in [6.07, 6.45) is 0. The largest absolute Gasteiger partial charge is 0.394 e. The average Bonchev–Trinajstić information content (AvgIpc) is 2.28. The van der Waals surface area contributed by atoms with Crippen LogP contribution in [0.4, 0.5) is 5.69 Å². The monoisotopic (exact) mass is 182 g/mol. The topological polar surface area (TPSA) is 69.1 Å². The molecular formula is C9H14N2O2. The zero-order chi connectivity index (χ0) is 10.2. The van der Waals surface area contributed by atoms with Crippen molar-refractivity contribution in [3.8, 4) is 0 Å². The van der Waals surface area contributed by atoms with Gasteiger partial charge in [-0.25, -0.2) is 0 Å². The maximum atomic E-state index is 11.0. The fourth-order valence-electron chi connectivity index (χ4n) is 1.09. The second-order valence-corrected chi connectivity index (χ2v) is 4.08. The molecule has 1 heterocycles. The van der Waals surface area contributed by atoms with Crippen LogP contribution in [0.3, 0.4) is 0 Å². The standard InChI is InChI=1S/C9H14N2O2/c1-5(12)7-6(10)8(11-13-7)9(2,3)4/h10H2,1-4H3. The van der Waals surface area contributed by atoms with Crippen LogP contribution in [0.2, 0.25) is 0 Å². The van der Waals surface area contributed by atoms with Crippen LogP contribution in [-0.4, -0.2) is 10.9 Å². The summed E-state index contributed by atoms with van der Waals surface area (Å²) in [7, 11) is 0. The SMILES string of the molecule is CC(=O)c1onc(C(C)(C)C)c1N. The van der Waals surface area contributed by atoms with Crippen molar-refractivity contribution in [1.82, 2.24) is 5.16 Å². The summed E-state index contributed by atoms with van der Waals surface area (Å²) in [4.78, 5) is 11.0. The van der Waals surface area contributed by atoms with Crippen molar-refractivity contribution in [2.45, 2.75) is 33.1 Å². The first-order valence-electron chi connectivity index (χ1n) is 4.10. The number of rotatable bonds is 1. The first-order chi connectivity index (χ1) is 5.84. The molecule has 4 heteroatoms. The van der Waals surface area contributed by atoms with E-state index in [9.17, 15) is 4.79 Å². The lowest BCUT2D eigenvalue weighted by Gasteiger charge is -2.14. The van der Waals surface area contributed by atoms with Gasteiger partial charge in [-0.05, 0) is 0 Å². The van der Waals surface area contributed by atoms with Crippen LogP contribution in [0.25, 0.3) is 0 Å². The van der Waals surface area contributed by atoms with Gasteiger partial charge in [0.25, 0.3) is 0 Å². The number of carbonyl (C=O) groups excluding carboxylic acids is 1. The molecule has 1 aromatic heterocycles. The maximum absolute atomic E-state index is 11.0. The Morgan fingerprint density at radius 1 is 1.46 bits per heavy atom. The number of carbonyl (C=O) groups is 1.